The minimum absolute atomic E-state index is 0.0380. The number of nitro groups is 1. The van der Waals surface area contributed by atoms with E-state index in [4.69, 9.17) is 0 Å². The molecule has 1 heterocycles. The average molecular weight is 279 g/mol. The lowest BCUT2D eigenvalue weighted by molar-refractivity contribution is -0.385. The van der Waals surface area contributed by atoms with Crippen molar-refractivity contribution in [1.82, 2.24) is 4.98 Å². The summed E-state index contributed by atoms with van der Waals surface area (Å²) in [5.41, 5.74) is -0.0380. The molecule has 1 N–H and O–H groups in total. The van der Waals surface area contributed by atoms with E-state index >= 15 is 0 Å². The van der Waals surface area contributed by atoms with Crippen molar-refractivity contribution in [2.75, 3.05) is 12.4 Å². The van der Waals surface area contributed by atoms with Crippen LogP contribution in [0.15, 0.2) is 46.3 Å². The molecule has 0 radical (unpaired) electrons. The van der Waals surface area contributed by atoms with Crippen LogP contribution in [0.1, 0.15) is 0 Å². The molecule has 0 aliphatic heterocycles. The van der Waals surface area contributed by atoms with Gasteiger partial charge in [0.25, 0.3) is 5.69 Å². The predicted molar refractivity (Wildman–Crippen MR) is 71.0 cm³/mol. The number of pyridine rings is 1. The smallest absolute Gasteiger partial charge is 0.275 e. The van der Waals surface area contributed by atoms with Crippen molar-refractivity contribution in [2.45, 2.75) is 9.92 Å². The van der Waals surface area contributed by atoms with Crippen LogP contribution in [0.2, 0.25) is 0 Å². The minimum Gasteiger partial charge on any atom is -0.373 e. The molecule has 0 unspecified atom stereocenters. The molecule has 0 bridgehead atoms. The largest absolute Gasteiger partial charge is 0.373 e. The first-order chi connectivity index (χ1) is 9.08. The zero-order valence-electron chi connectivity index (χ0n) is 9.96. The number of benzene rings is 1. The molecule has 0 saturated heterocycles. The van der Waals surface area contributed by atoms with E-state index in [-0.39, 0.29) is 11.5 Å². The average Bonchev–Trinajstić information content (AvgIpc) is 2.41. The van der Waals surface area contributed by atoms with Crippen molar-refractivity contribution < 1.29 is 9.31 Å². The molecular formula is C12H10FN3O2S. The zero-order valence-corrected chi connectivity index (χ0v) is 10.8. The number of hydrogen-bond acceptors (Lipinski definition) is 5. The van der Waals surface area contributed by atoms with Crippen LogP contribution < -0.4 is 5.32 Å². The highest BCUT2D eigenvalue weighted by Crippen LogP contribution is 2.30. The highest BCUT2D eigenvalue weighted by Gasteiger charge is 2.11. The van der Waals surface area contributed by atoms with Crippen molar-refractivity contribution >= 4 is 23.3 Å². The fraction of sp³-hybridized carbons (Fsp3) is 0.0833. The Morgan fingerprint density at radius 1 is 1.32 bits per heavy atom. The number of nitrogens with one attached hydrogen (secondary N) is 1. The molecule has 0 saturated carbocycles. The predicted octanol–water partition coefficient (Wildman–Crippen LogP) is 3.32. The molecule has 7 heteroatoms. The maximum absolute atomic E-state index is 12.8. The van der Waals surface area contributed by atoms with Gasteiger partial charge in [-0.05, 0) is 24.3 Å². The van der Waals surface area contributed by atoms with Crippen molar-refractivity contribution in [2.24, 2.45) is 0 Å². The Bertz CT molecular complexity index is 604. The lowest BCUT2D eigenvalue weighted by Gasteiger charge is -2.04. The summed E-state index contributed by atoms with van der Waals surface area (Å²) >= 11 is 1.24. The van der Waals surface area contributed by atoms with Crippen LogP contribution in [0.4, 0.5) is 15.9 Å². The third-order valence-electron chi connectivity index (χ3n) is 2.29. The van der Waals surface area contributed by atoms with E-state index in [9.17, 15) is 14.5 Å². The van der Waals surface area contributed by atoms with E-state index in [0.29, 0.717) is 10.8 Å². The zero-order chi connectivity index (χ0) is 13.8. The lowest BCUT2D eigenvalue weighted by Crippen LogP contribution is -1.96. The Morgan fingerprint density at radius 2 is 2.00 bits per heavy atom. The molecule has 0 spiro atoms. The summed E-state index contributed by atoms with van der Waals surface area (Å²) in [5.74, 6) is 0.0890. The summed E-state index contributed by atoms with van der Waals surface area (Å²) in [5, 5.41) is 14.1. The maximum atomic E-state index is 12.8. The molecule has 5 nitrogen and oxygen atoms in total. The van der Waals surface area contributed by atoms with E-state index < -0.39 is 4.92 Å². The molecule has 1 aromatic heterocycles. The first-order valence-electron chi connectivity index (χ1n) is 5.36. The fourth-order valence-corrected chi connectivity index (χ4v) is 2.24. The topological polar surface area (TPSA) is 68.1 Å². The van der Waals surface area contributed by atoms with Gasteiger partial charge in [0.1, 0.15) is 16.7 Å². The fourth-order valence-electron chi connectivity index (χ4n) is 1.40. The molecule has 0 amide bonds. The number of rotatable bonds is 4. The second-order valence-corrected chi connectivity index (χ2v) is 4.71. The van der Waals surface area contributed by atoms with Crippen molar-refractivity contribution in [3.05, 3.63) is 52.3 Å². The van der Waals surface area contributed by atoms with Gasteiger partial charge in [-0.15, -0.1) is 0 Å². The maximum Gasteiger partial charge on any atom is 0.275 e. The van der Waals surface area contributed by atoms with E-state index in [1.807, 2.05) is 0 Å². The van der Waals surface area contributed by atoms with Gasteiger partial charge in [0.05, 0.1) is 11.0 Å². The van der Waals surface area contributed by atoms with Crippen molar-refractivity contribution in [3.8, 4) is 0 Å². The number of nitrogens with zero attached hydrogens (tertiary/aromatic N) is 2. The summed E-state index contributed by atoms with van der Waals surface area (Å²) < 4.78 is 12.8. The van der Waals surface area contributed by atoms with Crippen LogP contribution in [-0.2, 0) is 0 Å². The van der Waals surface area contributed by atoms with E-state index in [1.54, 1.807) is 19.2 Å². The standard InChI is InChI=1S/C12H10FN3O2S/c1-14-11-6-9(16(17)18)7-12(15-11)19-10-4-2-8(13)3-5-10/h2-7H,1H3,(H,14,15). The molecule has 0 fully saturated rings. The minimum atomic E-state index is -0.475. The Kier molecular flexibility index (Phi) is 3.96. The van der Waals surface area contributed by atoms with E-state index in [0.717, 1.165) is 4.90 Å². The molecule has 1 aromatic carbocycles. The number of halogens is 1. The first-order valence-corrected chi connectivity index (χ1v) is 6.18. The Morgan fingerprint density at radius 3 is 2.58 bits per heavy atom. The Hall–Kier alpha value is -2.15. The molecule has 0 aliphatic carbocycles. The van der Waals surface area contributed by atoms with Gasteiger partial charge in [-0.2, -0.15) is 0 Å². The number of hydrogen-bond donors (Lipinski definition) is 1. The van der Waals surface area contributed by atoms with Gasteiger partial charge in [0, 0.05) is 18.0 Å². The molecular weight excluding hydrogens is 269 g/mol. The summed E-state index contributed by atoms with van der Waals surface area (Å²) in [7, 11) is 1.64. The molecule has 98 valence electrons. The molecule has 19 heavy (non-hydrogen) atoms. The van der Waals surface area contributed by atoms with Crippen LogP contribution in [0.5, 0.6) is 0 Å². The summed E-state index contributed by atoms with van der Waals surface area (Å²) in [6.07, 6.45) is 0. The monoisotopic (exact) mass is 279 g/mol. The molecule has 2 rings (SSSR count). The Labute approximate surface area is 113 Å². The van der Waals surface area contributed by atoms with Crippen LogP contribution >= 0.6 is 11.8 Å². The van der Waals surface area contributed by atoms with Gasteiger partial charge in [-0.3, -0.25) is 10.1 Å². The second kappa shape index (κ2) is 5.66. The van der Waals surface area contributed by atoms with Gasteiger partial charge >= 0.3 is 0 Å². The van der Waals surface area contributed by atoms with E-state index in [1.165, 1.54) is 36.0 Å². The number of anilines is 1. The van der Waals surface area contributed by atoms with Crippen LogP contribution in [0.3, 0.4) is 0 Å². The second-order valence-electron chi connectivity index (χ2n) is 3.61. The van der Waals surface area contributed by atoms with Crippen molar-refractivity contribution in [3.63, 3.8) is 0 Å². The van der Waals surface area contributed by atoms with Gasteiger partial charge in [-0.1, -0.05) is 11.8 Å². The highest BCUT2D eigenvalue weighted by molar-refractivity contribution is 7.99. The van der Waals surface area contributed by atoms with Crippen LogP contribution in [-0.4, -0.2) is 17.0 Å². The third-order valence-corrected chi connectivity index (χ3v) is 3.22. The van der Waals surface area contributed by atoms with Crippen LogP contribution in [0, 0.1) is 15.9 Å². The third kappa shape index (κ3) is 3.41. The van der Waals surface area contributed by atoms with E-state index in [2.05, 4.69) is 10.3 Å². The SMILES string of the molecule is CNc1cc([N+](=O)[O-])cc(Sc2ccc(F)cc2)n1. The summed E-state index contributed by atoms with van der Waals surface area (Å²) in [6, 6.07) is 8.60. The quantitative estimate of drug-likeness (QED) is 0.686. The number of aromatic nitrogens is 1. The molecule has 2 aromatic rings. The van der Waals surface area contributed by atoms with Gasteiger partial charge in [0.2, 0.25) is 0 Å². The van der Waals surface area contributed by atoms with Gasteiger partial charge in [0.15, 0.2) is 0 Å². The Balaban J connectivity index is 2.31. The van der Waals surface area contributed by atoms with Gasteiger partial charge in [-0.25, -0.2) is 9.37 Å². The van der Waals surface area contributed by atoms with Crippen LogP contribution in [0.25, 0.3) is 0 Å². The van der Waals surface area contributed by atoms with Gasteiger partial charge < -0.3 is 5.32 Å². The highest BCUT2D eigenvalue weighted by atomic mass is 32.2. The summed E-state index contributed by atoms with van der Waals surface area (Å²) in [4.78, 5) is 15.3. The molecule has 0 atom stereocenters. The lowest BCUT2D eigenvalue weighted by atomic mass is 10.3. The first kappa shape index (κ1) is 13.3. The van der Waals surface area contributed by atoms with Crippen molar-refractivity contribution in [1.29, 1.82) is 0 Å². The summed E-state index contributed by atoms with van der Waals surface area (Å²) in [6.45, 7) is 0. The molecule has 0 aliphatic rings. The normalized spacial score (nSPS) is 10.2.